The minimum atomic E-state index is -0.0682. The van der Waals surface area contributed by atoms with Crippen LogP contribution >= 0.6 is 15.9 Å². The Morgan fingerprint density at radius 3 is 2.97 bits per heavy atom. The number of benzene rings is 2. The summed E-state index contributed by atoms with van der Waals surface area (Å²) in [5.74, 6) is 0.447. The molecule has 1 amide bonds. The van der Waals surface area contributed by atoms with Crippen LogP contribution in [0.4, 0.5) is 5.82 Å². The van der Waals surface area contributed by atoms with Gasteiger partial charge in [0.05, 0.1) is 41.4 Å². The standard InChI is InChI=1S/C23H20BrN5O2/c1-28-20-16-9-12(2-5-18(16)27-22(25)17(20)11-26-28)23(30)29-6-7-31-19-10-13-8-14(24)3-4-15(13)21(19)29/h2-5,8-9,11,19,21H,6-7,10H2,1H3,(H2,25,27)/t19-,21+/m1/s1. The van der Waals surface area contributed by atoms with Gasteiger partial charge in [0.1, 0.15) is 5.82 Å². The van der Waals surface area contributed by atoms with Crippen LogP contribution in [0.5, 0.6) is 0 Å². The largest absolute Gasteiger partial charge is 0.383 e. The van der Waals surface area contributed by atoms with Crippen LogP contribution in [0.15, 0.2) is 47.1 Å². The molecule has 0 radical (unpaired) electrons. The molecule has 7 nitrogen and oxygen atoms in total. The number of nitrogens with two attached hydrogens (primary N) is 1. The highest BCUT2D eigenvalue weighted by atomic mass is 79.9. The minimum Gasteiger partial charge on any atom is -0.383 e. The van der Waals surface area contributed by atoms with Crippen molar-refractivity contribution in [2.45, 2.75) is 18.6 Å². The average Bonchev–Trinajstić information content (AvgIpc) is 3.33. The summed E-state index contributed by atoms with van der Waals surface area (Å²) in [5, 5.41) is 5.99. The molecule has 156 valence electrons. The molecule has 0 spiro atoms. The first kappa shape index (κ1) is 18.8. The molecule has 0 saturated carbocycles. The van der Waals surface area contributed by atoms with E-state index in [0.717, 1.165) is 32.7 Å². The van der Waals surface area contributed by atoms with E-state index in [0.29, 0.717) is 24.5 Å². The highest BCUT2D eigenvalue weighted by Gasteiger charge is 2.42. The fourth-order valence-electron chi connectivity index (χ4n) is 5.01. The number of halogens is 1. The third kappa shape index (κ3) is 2.78. The Labute approximate surface area is 186 Å². The lowest BCUT2D eigenvalue weighted by Crippen LogP contribution is -2.46. The fourth-order valence-corrected chi connectivity index (χ4v) is 5.42. The zero-order valence-electron chi connectivity index (χ0n) is 16.9. The number of carbonyl (C=O) groups is 1. The number of morpholine rings is 1. The maximum atomic E-state index is 13.7. The van der Waals surface area contributed by atoms with E-state index < -0.39 is 0 Å². The number of fused-ring (bicyclic) bond motifs is 6. The Morgan fingerprint density at radius 2 is 2.10 bits per heavy atom. The first-order valence-electron chi connectivity index (χ1n) is 10.2. The Kier molecular flexibility index (Phi) is 4.10. The van der Waals surface area contributed by atoms with Crippen LogP contribution in [0.1, 0.15) is 27.5 Å². The van der Waals surface area contributed by atoms with Crippen molar-refractivity contribution in [3.8, 4) is 0 Å². The first-order chi connectivity index (χ1) is 15.0. The van der Waals surface area contributed by atoms with Gasteiger partial charge in [0, 0.05) is 35.4 Å². The van der Waals surface area contributed by atoms with E-state index in [-0.39, 0.29) is 18.1 Å². The topological polar surface area (TPSA) is 86.3 Å². The van der Waals surface area contributed by atoms with E-state index in [1.54, 1.807) is 10.9 Å². The summed E-state index contributed by atoms with van der Waals surface area (Å²) in [6.07, 6.45) is 2.53. The molecule has 1 aliphatic carbocycles. The molecule has 0 unspecified atom stereocenters. The van der Waals surface area contributed by atoms with Gasteiger partial charge in [0.2, 0.25) is 0 Å². The van der Waals surface area contributed by atoms with Gasteiger partial charge < -0.3 is 15.4 Å². The van der Waals surface area contributed by atoms with Gasteiger partial charge in [-0.2, -0.15) is 5.10 Å². The first-order valence-corrected chi connectivity index (χ1v) is 11.0. The number of anilines is 1. The number of amides is 1. The zero-order valence-corrected chi connectivity index (χ0v) is 18.5. The second-order valence-corrected chi connectivity index (χ2v) is 9.07. The summed E-state index contributed by atoms with van der Waals surface area (Å²) in [4.78, 5) is 20.1. The second-order valence-electron chi connectivity index (χ2n) is 8.16. The Bertz CT molecular complexity index is 1380. The van der Waals surface area contributed by atoms with Gasteiger partial charge in [-0.15, -0.1) is 0 Å². The molecule has 2 aromatic carbocycles. The van der Waals surface area contributed by atoms with Gasteiger partial charge in [-0.3, -0.25) is 9.48 Å². The SMILES string of the molecule is Cn1ncc2c(N)nc3ccc(C(=O)N4CCO[C@@H]5Cc6cc(Br)ccc6[C@@H]54)cc3c21. The van der Waals surface area contributed by atoms with Crippen molar-refractivity contribution >= 4 is 49.5 Å². The summed E-state index contributed by atoms with van der Waals surface area (Å²) in [7, 11) is 1.87. The van der Waals surface area contributed by atoms with Crippen LogP contribution in [0.2, 0.25) is 0 Å². The predicted molar refractivity (Wildman–Crippen MR) is 122 cm³/mol. The third-order valence-electron chi connectivity index (χ3n) is 6.41. The van der Waals surface area contributed by atoms with Crippen LogP contribution in [-0.2, 0) is 18.2 Å². The molecule has 8 heteroatoms. The van der Waals surface area contributed by atoms with Crippen molar-refractivity contribution < 1.29 is 9.53 Å². The number of aryl methyl sites for hydroxylation is 1. The van der Waals surface area contributed by atoms with Crippen molar-refractivity contribution in [1.29, 1.82) is 0 Å². The number of pyridine rings is 1. The average molecular weight is 478 g/mol. The molecule has 2 N–H and O–H groups in total. The number of hydrogen-bond acceptors (Lipinski definition) is 5. The van der Waals surface area contributed by atoms with Crippen molar-refractivity contribution in [1.82, 2.24) is 19.7 Å². The number of carbonyl (C=O) groups excluding carboxylic acids is 1. The molecule has 0 bridgehead atoms. The van der Waals surface area contributed by atoms with Gasteiger partial charge in [-0.25, -0.2) is 4.98 Å². The molecular formula is C23H20BrN5O2. The molecule has 2 aromatic heterocycles. The summed E-state index contributed by atoms with van der Waals surface area (Å²) in [5.41, 5.74) is 10.8. The van der Waals surface area contributed by atoms with Gasteiger partial charge in [0.15, 0.2) is 0 Å². The highest BCUT2D eigenvalue weighted by molar-refractivity contribution is 9.10. The van der Waals surface area contributed by atoms with Crippen molar-refractivity contribution in [2.24, 2.45) is 7.05 Å². The Morgan fingerprint density at radius 1 is 1.23 bits per heavy atom. The second kappa shape index (κ2) is 6.77. The molecular weight excluding hydrogens is 458 g/mol. The van der Waals surface area contributed by atoms with Crippen LogP contribution in [-0.4, -0.2) is 44.8 Å². The zero-order chi connectivity index (χ0) is 21.3. The molecule has 1 aliphatic heterocycles. The predicted octanol–water partition coefficient (Wildman–Crippen LogP) is 3.60. The molecule has 3 heterocycles. The molecule has 1 saturated heterocycles. The minimum absolute atomic E-state index is 0.00288. The Hall–Kier alpha value is -2.97. The molecule has 31 heavy (non-hydrogen) atoms. The van der Waals surface area contributed by atoms with Crippen LogP contribution in [0.25, 0.3) is 21.8 Å². The molecule has 6 rings (SSSR count). The molecule has 2 atom stereocenters. The van der Waals surface area contributed by atoms with Gasteiger partial charge in [0.25, 0.3) is 5.91 Å². The lowest BCUT2D eigenvalue weighted by molar-refractivity contribution is -0.0516. The fraction of sp³-hybridized carbons (Fsp3) is 0.261. The smallest absolute Gasteiger partial charge is 0.254 e. The van der Waals surface area contributed by atoms with Crippen molar-refractivity contribution in [2.75, 3.05) is 18.9 Å². The van der Waals surface area contributed by atoms with Gasteiger partial charge in [-0.05, 0) is 41.5 Å². The van der Waals surface area contributed by atoms with Crippen LogP contribution < -0.4 is 5.73 Å². The summed E-state index contributed by atoms with van der Waals surface area (Å²) in [6.45, 7) is 1.11. The maximum Gasteiger partial charge on any atom is 0.254 e. The van der Waals surface area contributed by atoms with Crippen molar-refractivity contribution in [3.05, 3.63) is 63.8 Å². The van der Waals surface area contributed by atoms with Crippen LogP contribution in [0.3, 0.4) is 0 Å². The third-order valence-corrected chi connectivity index (χ3v) is 6.91. The summed E-state index contributed by atoms with van der Waals surface area (Å²) >= 11 is 3.55. The number of nitrogens with zero attached hydrogens (tertiary/aromatic N) is 4. The number of hydrogen-bond donors (Lipinski definition) is 1. The van der Waals surface area contributed by atoms with E-state index in [2.05, 4.69) is 38.1 Å². The van der Waals surface area contributed by atoms with E-state index in [4.69, 9.17) is 10.5 Å². The van der Waals surface area contributed by atoms with E-state index >= 15 is 0 Å². The summed E-state index contributed by atoms with van der Waals surface area (Å²) < 4.78 is 8.87. The number of ether oxygens (including phenoxy) is 1. The number of rotatable bonds is 1. The normalized spacial score (nSPS) is 20.3. The Balaban J connectivity index is 1.45. The van der Waals surface area contributed by atoms with Crippen LogP contribution in [0, 0.1) is 0 Å². The highest BCUT2D eigenvalue weighted by Crippen LogP contribution is 2.41. The number of nitrogen functional groups attached to an aromatic ring is 1. The molecule has 4 aromatic rings. The lowest BCUT2D eigenvalue weighted by Gasteiger charge is -2.38. The van der Waals surface area contributed by atoms with E-state index in [1.165, 1.54) is 11.1 Å². The number of aromatic nitrogens is 3. The quantitative estimate of drug-likeness (QED) is 0.452. The lowest BCUT2D eigenvalue weighted by atomic mass is 10.0. The monoisotopic (exact) mass is 477 g/mol. The maximum absolute atomic E-state index is 13.7. The van der Waals surface area contributed by atoms with Gasteiger partial charge in [-0.1, -0.05) is 22.0 Å². The van der Waals surface area contributed by atoms with Crippen molar-refractivity contribution in [3.63, 3.8) is 0 Å². The molecule has 2 aliphatic rings. The van der Waals surface area contributed by atoms with E-state index in [9.17, 15) is 4.79 Å². The van der Waals surface area contributed by atoms with E-state index in [1.807, 2.05) is 36.2 Å². The molecule has 1 fully saturated rings. The summed E-state index contributed by atoms with van der Waals surface area (Å²) in [6, 6.07) is 11.8. The van der Waals surface area contributed by atoms with Gasteiger partial charge >= 0.3 is 0 Å².